The van der Waals surface area contributed by atoms with Gasteiger partial charge in [-0.1, -0.05) is 66.5 Å². The molecule has 0 spiro atoms. The van der Waals surface area contributed by atoms with Crippen LogP contribution in [0.3, 0.4) is 0 Å². The lowest BCUT2D eigenvalue weighted by molar-refractivity contribution is -0.139. The number of amides is 2. The van der Waals surface area contributed by atoms with E-state index >= 15 is 0 Å². The topological polar surface area (TPSA) is 96.0 Å². The van der Waals surface area contributed by atoms with Crippen molar-refractivity contribution in [1.82, 2.24) is 10.2 Å². The average molecular weight is 607 g/mol. The number of carbonyl (C=O) groups is 2. The van der Waals surface area contributed by atoms with Crippen molar-refractivity contribution in [1.29, 1.82) is 0 Å². The van der Waals surface area contributed by atoms with E-state index in [1.165, 1.54) is 29.2 Å². The molecule has 0 fully saturated rings. The van der Waals surface area contributed by atoms with Crippen LogP contribution in [-0.4, -0.2) is 50.9 Å². The molecule has 0 saturated carbocycles. The highest BCUT2D eigenvalue weighted by atomic mass is 35.5. The molecule has 40 heavy (non-hydrogen) atoms. The van der Waals surface area contributed by atoms with Gasteiger partial charge in [-0.3, -0.25) is 13.9 Å². The summed E-state index contributed by atoms with van der Waals surface area (Å²) in [6.07, 6.45) is 0.710. The molecular weight excluding hydrogens is 573 g/mol. The maximum atomic E-state index is 14.0. The van der Waals surface area contributed by atoms with Crippen LogP contribution in [0, 0.1) is 0 Å². The molecule has 0 radical (unpaired) electrons. The number of sulfonamides is 1. The Labute approximate surface area is 245 Å². The number of nitrogens with one attached hydrogen (secondary N) is 1. The number of ether oxygens (including phenoxy) is 1. The monoisotopic (exact) mass is 605 g/mol. The molecule has 3 aromatic rings. The smallest absolute Gasteiger partial charge is 0.264 e. The first-order valence-corrected chi connectivity index (χ1v) is 14.9. The summed E-state index contributed by atoms with van der Waals surface area (Å²) in [6, 6.07) is 18.4. The van der Waals surface area contributed by atoms with E-state index < -0.39 is 28.5 Å². The van der Waals surface area contributed by atoms with Crippen LogP contribution in [0.1, 0.15) is 32.8 Å². The lowest BCUT2D eigenvalue weighted by atomic mass is 10.1. The minimum absolute atomic E-state index is 0.0132. The third-order valence-corrected chi connectivity index (χ3v) is 9.07. The van der Waals surface area contributed by atoms with E-state index in [1.54, 1.807) is 62.6 Å². The quantitative estimate of drug-likeness (QED) is 0.293. The van der Waals surface area contributed by atoms with Gasteiger partial charge in [0.1, 0.15) is 18.3 Å². The number of halogens is 2. The van der Waals surface area contributed by atoms with Crippen LogP contribution in [0.2, 0.25) is 10.0 Å². The van der Waals surface area contributed by atoms with Crippen molar-refractivity contribution in [3.8, 4) is 5.75 Å². The molecule has 0 saturated heterocycles. The zero-order valence-electron chi connectivity index (χ0n) is 22.8. The summed E-state index contributed by atoms with van der Waals surface area (Å²) in [6.45, 7) is 4.86. The molecule has 2 amide bonds. The fourth-order valence-electron chi connectivity index (χ4n) is 3.89. The zero-order chi connectivity index (χ0) is 29.4. The molecule has 0 bridgehead atoms. The second kappa shape index (κ2) is 13.9. The summed E-state index contributed by atoms with van der Waals surface area (Å²) in [7, 11) is -2.70. The van der Waals surface area contributed by atoms with Crippen LogP contribution >= 0.6 is 23.2 Å². The maximum Gasteiger partial charge on any atom is 0.264 e. The minimum Gasteiger partial charge on any atom is -0.497 e. The molecule has 0 unspecified atom stereocenters. The van der Waals surface area contributed by atoms with Crippen LogP contribution in [0.5, 0.6) is 5.75 Å². The van der Waals surface area contributed by atoms with E-state index in [9.17, 15) is 18.0 Å². The van der Waals surface area contributed by atoms with Gasteiger partial charge in [-0.2, -0.15) is 0 Å². The molecule has 214 valence electrons. The highest BCUT2D eigenvalue weighted by molar-refractivity contribution is 7.92. The van der Waals surface area contributed by atoms with E-state index in [0.29, 0.717) is 12.2 Å². The first-order valence-electron chi connectivity index (χ1n) is 12.7. The fourth-order valence-corrected chi connectivity index (χ4v) is 5.79. The number of benzene rings is 3. The Morgan fingerprint density at radius 1 is 0.950 bits per heavy atom. The standard InChI is InChI=1S/C29H33Cl2N3O5S/c1-5-20(2)32-29(36)21(3)33(18-22-14-16-23(39-4)17-15-22)27(35)19-34(26-13-9-12-25(30)28(26)31)40(37,38)24-10-7-6-8-11-24/h6-17,20-21H,5,18-19H2,1-4H3,(H,32,36)/t20-,21-/m0/s1. The predicted octanol–water partition coefficient (Wildman–Crippen LogP) is 5.53. The van der Waals surface area contributed by atoms with E-state index in [4.69, 9.17) is 27.9 Å². The van der Waals surface area contributed by atoms with Crippen LogP contribution < -0.4 is 14.4 Å². The van der Waals surface area contributed by atoms with Gasteiger partial charge in [0.15, 0.2) is 0 Å². The van der Waals surface area contributed by atoms with Gasteiger partial charge in [0.2, 0.25) is 11.8 Å². The Hall–Kier alpha value is -3.27. The number of anilines is 1. The zero-order valence-corrected chi connectivity index (χ0v) is 25.1. The first kappa shape index (κ1) is 31.3. The van der Waals surface area contributed by atoms with Gasteiger partial charge >= 0.3 is 0 Å². The maximum absolute atomic E-state index is 14.0. The van der Waals surface area contributed by atoms with Crippen molar-refractivity contribution in [3.63, 3.8) is 0 Å². The summed E-state index contributed by atoms with van der Waals surface area (Å²) in [5, 5.41) is 3.03. The Morgan fingerprint density at radius 2 is 1.60 bits per heavy atom. The highest BCUT2D eigenvalue weighted by Gasteiger charge is 2.33. The second-order valence-electron chi connectivity index (χ2n) is 9.26. The average Bonchev–Trinajstić information content (AvgIpc) is 2.96. The van der Waals surface area contributed by atoms with Crippen molar-refractivity contribution in [2.75, 3.05) is 18.0 Å². The molecule has 3 rings (SSSR count). The Morgan fingerprint density at radius 3 is 2.20 bits per heavy atom. The molecule has 11 heteroatoms. The molecule has 1 N–H and O–H groups in total. The summed E-state index contributed by atoms with van der Waals surface area (Å²) >= 11 is 12.7. The third-order valence-electron chi connectivity index (χ3n) is 6.49. The molecule has 0 aromatic heterocycles. The molecule has 0 heterocycles. The summed E-state index contributed by atoms with van der Waals surface area (Å²) in [4.78, 5) is 28.4. The molecule has 2 atom stereocenters. The molecule has 8 nitrogen and oxygen atoms in total. The summed E-state index contributed by atoms with van der Waals surface area (Å²) in [5.41, 5.74) is 0.781. The first-order chi connectivity index (χ1) is 19.0. The molecular formula is C29H33Cl2N3O5S. The molecule has 3 aromatic carbocycles. The van der Waals surface area contributed by atoms with Gasteiger partial charge in [-0.25, -0.2) is 8.42 Å². The van der Waals surface area contributed by atoms with E-state index in [2.05, 4.69) is 5.32 Å². The van der Waals surface area contributed by atoms with Gasteiger partial charge in [0.25, 0.3) is 10.0 Å². The minimum atomic E-state index is -4.25. The molecule has 0 aliphatic heterocycles. The van der Waals surface area contributed by atoms with Gasteiger partial charge in [-0.05, 0) is 62.2 Å². The van der Waals surface area contributed by atoms with E-state index in [-0.39, 0.29) is 39.1 Å². The number of nitrogens with zero attached hydrogens (tertiary/aromatic N) is 2. The Balaban J connectivity index is 2.05. The van der Waals surface area contributed by atoms with Crippen LogP contribution in [0.25, 0.3) is 0 Å². The number of rotatable bonds is 12. The molecule has 0 aliphatic rings. The normalized spacial score (nSPS) is 12.8. The predicted molar refractivity (Wildman–Crippen MR) is 158 cm³/mol. The van der Waals surface area contributed by atoms with Gasteiger partial charge in [0, 0.05) is 12.6 Å². The number of methoxy groups -OCH3 is 1. The highest BCUT2D eigenvalue weighted by Crippen LogP contribution is 2.35. The van der Waals surface area contributed by atoms with Gasteiger partial charge < -0.3 is 15.0 Å². The second-order valence-corrected chi connectivity index (χ2v) is 11.9. The lowest BCUT2D eigenvalue weighted by Gasteiger charge is -2.32. The van der Waals surface area contributed by atoms with Crippen molar-refractivity contribution >= 4 is 50.7 Å². The summed E-state index contributed by atoms with van der Waals surface area (Å²) in [5.74, 6) is -0.312. The van der Waals surface area contributed by atoms with Crippen molar-refractivity contribution in [3.05, 3.63) is 88.4 Å². The van der Waals surface area contributed by atoms with Crippen molar-refractivity contribution < 1.29 is 22.7 Å². The van der Waals surface area contributed by atoms with Crippen LogP contribution in [0.15, 0.2) is 77.7 Å². The van der Waals surface area contributed by atoms with E-state index in [1.807, 2.05) is 13.8 Å². The number of hydrogen-bond donors (Lipinski definition) is 1. The van der Waals surface area contributed by atoms with Crippen molar-refractivity contribution in [2.45, 2.75) is 50.7 Å². The van der Waals surface area contributed by atoms with Gasteiger partial charge in [-0.15, -0.1) is 0 Å². The van der Waals surface area contributed by atoms with Gasteiger partial charge in [0.05, 0.1) is 27.7 Å². The van der Waals surface area contributed by atoms with Crippen molar-refractivity contribution in [2.24, 2.45) is 0 Å². The van der Waals surface area contributed by atoms with E-state index in [0.717, 1.165) is 9.87 Å². The fraction of sp³-hybridized carbons (Fsp3) is 0.310. The lowest BCUT2D eigenvalue weighted by Crippen LogP contribution is -2.52. The molecule has 0 aliphatic carbocycles. The SMILES string of the molecule is CC[C@H](C)NC(=O)[C@H](C)N(Cc1ccc(OC)cc1)C(=O)CN(c1cccc(Cl)c1Cl)S(=O)(=O)c1ccccc1. The summed E-state index contributed by atoms with van der Waals surface area (Å²) < 4.78 is 33.8. The van der Waals surface area contributed by atoms with Crippen LogP contribution in [0.4, 0.5) is 5.69 Å². The Kier molecular flexibility index (Phi) is 10.8. The largest absolute Gasteiger partial charge is 0.497 e. The van der Waals surface area contributed by atoms with Crippen LogP contribution in [-0.2, 0) is 26.2 Å². The number of carbonyl (C=O) groups excluding carboxylic acids is 2. The number of hydrogen-bond acceptors (Lipinski definition) is 5. The Bertz CT molecular complexity index is 1420. The third kappa shape index (κ3) is 7.47.